The Labute approximate surface area is 121 Å². The fraction of sp³-hybridized carbons (Fsp3) is 0.688. The van der Waals surface area contributed by atoms with Gasteiger partial charge in [0.2, 0.25) is 0 Å². The lowest BCUT2D eigenvalue weighted by Crippen LogP contribution is -2.25. The van der Waals surface area contributed by atoms with E-state index in [0.717, 1.165) is 43.4 Å². The highest BCUT2D eigenvalue weighted by atomic mass is 19.1. The van der Waals surface area contributed by atoms with Gasteiger partial charge < -0.3 is 10.2 Å². The van der Waals surface area contributed by atoms with Crippen molar-refractivity contribution in [1.82, 2.24) is 10.3 Å². The van der Waals surface area contributed by atoms with Crippen molar-refractivity contribution in [1.29, 1.82) is 0 Å². The molecule has 1 aromatic heterocycles. The molecule has 1 aliphatic rings. The molecule has 2 rings (SSSR count). The Bertz CT molecular complexity index is 434. The Balaban J connectivity index is 2.10. The molecule has 0 radical (unpaired) electrons. The summed E-state index contributed by atoms with van der Waals surface area (Å²) in [5.41, 5.74) is 0.975. The first-order chi connectivity index (χ1) is 9.61. The molecule has 0 spiro atoms. The van der Waals surface area contributed by atoms with E-state index in [-0.39, 0.29) is 5.82 Å². The smallest absolute Gasteiger partial charge is 0.141 e. The molecule has 112 valence electrons. The fourth-order valence-electron chi connectivity index (χ4n) is 2.81. The van der Waals surface area contributed by atoms with E-state index >= 15 is 0 Å². The molecule has 1 atom stereocenters. The highest BCUT2D eigenvalue weighted by Gasteiger charge is 2.27. The van der Waals surface area contributed by atoms with E-state index in [1.165, 1.54) is 12.6 Å². The molecule has 1 aliphatic heterocycles. The molecule has 1 fully saturated rings. The van der Waals surface area contributed by atoms with Crippen molar-refractivity contribution < 1.29 is 4.39 Å². The largest absolute Gasteiger partial charge is 0.356 e. The maximum absolute atomic E-state index is 13.4. The van der Waals surface area contributed by atoms with E-state index in [9.17, 15) is 4.39 Å². The molecule has 1 N–H and O–H groups in total. The Morgan fingerprint density at radius 3 is 2.95 bits per heavy atom. The molecular weight excluding hydrogens is 253 g/mol. The maximum atomic E-state index is 13.4. The minimum Gasteiger partial charge on any atom is -0.356 e. The van der Waals surface area contributed by atoms with Gasteiger partial charge in [-0.05, 0) is 37.3 Å². The summed E-state index contributed by atoms with van der Waals surface area (Å²) in [4.78, 5) is 6.66. The summed E-state index contributed by atoms with van der Waals surface area (Å²) in [6, 6.07) is 1.62. The highest BCUT2D eigenvalue weighted by Crippen LogP contribution is 2.29. The van der Waals surface area contributed by atoms with Gasteiger partial charge >= 0.3 is 0 Å². The molecule has 0 saturated carbocycles. The molecule has 3 nitrogen and oxygen atoms in total. The van der Waals surface area contributed by atoms with Crippen LogP contribution in [0.1, 0.15) is 39.2 Å². The standard InChI is InChI=1S/C16H26FN3/c1-4-6-18-9-14-8-15(17)10-19-16(14)20-7-5-13(11-20)12(2)3/h8,10,12-13,18H,4-7,9,11H2,1-3H3. The maximum Gasteiger partial charge on any atom is 0.141 e. The van der Waals surface area contributed by atoms with Gasteiger partial charge in [-0.2, -0.15) is 0 Å². The molecule has 0 bridgehead atoms. The van der Waals surface area contributed by atoms with Crippen LogP contribution in [-0.4, -0.2) is 24.6 Å². The van der Waals surface area contributed by atoms with Crippen LogP contribution in [0, 0.1) is 17.7 Å². The summed E-state index contributed by atoms with van der Waals surface area (Å²) >= 11 is 0. The monoisotopic (exact) mass is 279 g/mol. The predicted octanol–water partition coefficient (Wildman–Crippen LogP) is 3.20. The minimum atomic E-state index is -0.248. The summed E-state index contributed by atoms with van der Waals surface area (Å²) in [7, 11) is 0. The first-order valence-corrected chi connectivity index (χ1v) is 7.72. The number of nitrogens with zero attached hydrogens (tertiary/aromatic N) is 2. The van der Waals surface area contributed by atoms with Crippen LogP contribution in [0.25, 0.3) is 0 Å². The number of aromatic nitrogens is 1. The van der Waals surface area contributed by atoms with E-state index in [4.69, 9.17) is 0 Å². The van der Waals surface area contributed by atoms with Crippen molar-refractivity contribution in [3.63, 3.8) is 0 Å². The summed E-state index contributed by atoms with van der Waals surface area (Å²) in [5.74, 6) is 2.13. The lowest BCUT2D eigenvalue weighted by molar-refractivity contribution is 0.422. The van der Waals surface area contributed by atoms with Gasteiger partial charge in [0.1, 0.15) is 11.6 Å². The van der Waals surface area contributed by atoms with Gasteiger partial charge in [0.25, 0.3) is 0 Å². The van der Waals surface area contributed by atoms with Gasteiger partial charge in [-0.15, -0.1) is 0 Å². The van der Waals surface area contributed by atoms with Crippen molar-refractivity contribution in [3.05, 3.63) is 23.6 Å². The van der Waals surface area contributed by atoms with Crippen LogP contribution in [0.4, 0.5) is 10.2 Å². The van der Waals surface area contributed by atoms with Gasteiger partial charge in [-0.3, -0.25) is 0 Å². The Kier molecular flexibility index (Phi) is 5.35. The SMILES string of the molecule is CCCNCc1cc(F)cnc1N1CCC(C(C)C)C1. The van der Waals surface area contributed by atoms with Crippen molar-refractivity contribution in [3.8, 4) is 0 Å². The van der Waals surface area contributed by atoms with Crippen LogP contribution >= 0.6 is 0 Å². The van der Waals surface area contributed by atoms with E-state index in [1.807, 2.05) is 0 Å². The molecule has 0 aromatic carbocycles. The number of anilines is 1. The third-order valence-corrected chi connectivity index (χ3v) is 4.12. The second kappa shape index (κ2) is 7.02. The molecule has 20 heavy (non-hydrogen) atoms. The van der Waals surface area contributed by atoms with Gasteiger partial charge in [0.05, 0.1) is 6.20 Å². The second-order valence-electron chi connectivity index (χ2n) is 6.05. The summed E-state index contributed by atoms with van der Waals surface area (Å²) < 4.78 is 13.4. The van der Waals surface area contributed by atoms with Crippen LogP contribution in [0.15, 0.2) is 12.3 Å². The van der Waals surface area contributed by atoms with Gasteiger partial charge in [-0.25, -0.2) is 9.37 Å². The average molecular weight is 279 g/mol. The summed E-state index contributed by atoms with van der Waals surface area (Å²) in [6.45, 7) is 10.4. The van der Waals surface area contributed by atoms with Gasteiger partial charge in [-0.1, -0.05) is 20.8 Å². The highest BCUT2D eigenvalue weighted by molar-refractivity contribution is 5.48. The molecule has 2 heterocycles. The lowest BCUT2D eigenvalue weighted by Gasteiger charge is -2.22. The molecule has 4 heteroatoms. The van der Waals surface area contributed by atoms with Crippen LogP contribution < -0.4 is 10.2 Å². The quantitative estimate of drug-likeness (QED) is 0.811. The zero-order valence-corrected chi connectivity index (χ0v) is 12.8. The normalized spacial score (nSPS) is 19.1. The van der Waals surface area contributed by atoms with Crippen molar-refractivity contribution in [2.45, 2.75) is 40.2 Å². The summed E-state index contributed by atoms with van der Waals surface area (Å²) in [5, 5.41) is 3.34. The topological polar surface area (TPSA) is 28.2 Å². The van der Waals surface area contributed by atoms with Crippen molar-refractivity contribution in [2.75, 3.05) is 24.5 Å². The van der Waals surface area contributed by atoms with Gasteiger partial charge in [0.15, 0.2) is 0 Å². The first kappa shape index (κ1) is 15.2. The van der Waals surface area contributed by atoms with E-state index < -0.39 is 0 Å². The molecule has 0 aliphatic carbocycles. The Morgan fingerprint density at radius 2 is 2.30 bits per heavy atom. The van der Waals surface area contributed by atoms with Crippen LogP contribution in [0.3, 0.4) is 0 Å². The number of hydrogen-bond acceptors (Lipinski definition) is 3. The molecule has 1 saturated heterocycles. The minimum absolute atomic E-state index is 0.248. The summed E-state index contributed by atoms with van der Waals surface area (Å²) in [6.07, 6.45) is 3.62. The van der Waals surface area contributed by atoms with Crippen molar-refractivity contribution >= 4 is 5.82 Å². The van der Waals surface area contributed by atoms with E-state index in [0.29, 0.717) is 12.5 Å². The Morgan fingerprint density at radius 1 is 1.50 bits per heavy atom. The zero-order valence-electron chi connectivity index (χ0n) is 12.8. The first-order valence-electron chi connectivity index (χ1n) is 7.72. The Hall–Kier alpha value is -1.16. The average Bonchev–Trinajstić information content (AvgIpc) is 2.89. The molecule has 0 amide bonds. The van der Waals surface area contributed by atoms with Crippen molar-refractivity contribution in [2.24, 2.45) is 11.8 Å². The fourth-order valence-corrected chi connectivity index (χ4v) is 2.81. The predicted molar refractivity (Wildman–Crippen MR) is 81.4 cm³/mol. The zero-order chi connectivity index (χ0) is 14.5. The molecule has 1 unspecified atom stereocenters. The van der Waals surface area contributed by atoms with E-state index in [1.54, 1.807) is 6.07 Å². The molecular formula is C16H26FN3. The number of rotatable bonds is 6. The van der Waals surface area contributed by atoms with Crippen LogP contribution in [0.5, 0.6) is 0 Å². The number of hydrogen-bond donors (Lipinski definition) is 1. The third-order valence-electron chi connectivity index (χ3n) is 4.12. The van der Waals surface area contributed by atoms with E-state index in [2.05, 4.69) is 36.0 Å². The lowest BCUT2D eigenvalue weighted by atomic mass is 9.95. The molecule has 1 aromatic rings. The number of pyridine rings is 1. The van der Waals surface area contributed by atoms with Gasteiger partial charge in [0, 0.05) is 25.2 Å². The van der Waals surface area contributed by atoms with Crippen LogP contribution in [0.2, 0.25) is 0 Å². The van der Waals surface area contributed by atoms with Crippen LogP contribution in [-0.2, 0) is 6.54 Å². The second-order valence-corrected chi connectivity index (χ2v) is 6.05. The number of halogens is 1. The number of nitrogens with one attached hydrogen (secondary N) is 1. The third kappa shape index (κ3) is 3.69.